The zero-order valence-electron chi connectivity index (χ0n) is 31.6. The summed E-state index contributed by atoms with van der Waals surface area (Å²) in [5, 5.41) is 0. The molecule has 0 spiro atoms. The Morgan fingerprint density at radius 3 is 0.815 bits per heavy atom. The maximum Gasteiger partial charge on any atom is 0.460 e. The molecule has 1 rings (SSSR count). The molecule has 0 amide bonds. The average Bonchev–Trinajstić information content (AvgIpc) is 3.09. The molecule has 390 valence electrons. The fraction of sp³-hybridized carbons (Fsp3) is 1.00. The first kappa shape index (κ1) is 61.1. The van der Waals surface area contributed by atoms with Crippen LogP contribution in [-0.4, -0.2) is 113 Å². The molecule has 0 aliphatic heterocycles. The standard InChI is InChI=1S/C30H27F34P/c1-11(2)13-5-4-12(3)10-14(13)65(8-6-15(31,32)17(35,36)19(39,40)21(43,44)23(47,48)25(51,52)27(55,56)29(59,60)61)9-7-16(33,34)18(37,38)20(41,42)22(45,46)24(49,50)26(53,54)28(57,58)30(62,63)64/h11-14H,4-10H2,1-3H3/t12-,13+,14-/m1/s1. The summed E-state index contributed by atoms with van der Waals surface area (Å²) in [5.41, 5.74) is -1.77. The number of hydrogen-bond donors (Lipinski definition) is 0. The topological polar surface area (TPSA) is 0 Å². The van der Waals surface area contributed by atoms with E-state index in [4.69, 9.17) is 0 Å². The minimum atomic E-state index is -9.08. The molecule has 0 unspecified atom stereocenters. The maximum atomic E-state index is 14.9. The van der Waals surface area contributed by atoms with E-state index in [1.165, 1.54) is 6.92 Å². The van der Waals surface area contributed by atoms with Crippen LogP contribution in [0.4, 0.5) is 149 Å². The number of hydrogen-bond acceptors (Lipinski definition) is 0. The third kappa shape index (κ3) is 9.07. The SMILES string of the molecule is CC(C)[C@@H]1CC[C@@H](C)C[C@H]1P(CCC(F)(F)C(F)(F)C(F)(F)C(F)(F)C(F)(F)C(F)(F)C(F)(F)C(F)(F)F)CCC(F)(F)C(F)(F)C(F)(F)C(F)(F)C(F)(F)C(F)(F)C(F)(F)C(F)(F)F. The molecular formula is C30H27F34P. The van der Waals surface area contributed by atoms with Gasteiger partial charge in [-0.15, -0.1) is 7.92 Å². The zero-order valence-corrected chi connectivity index (χ0v) is 32.5. The van der Waals surface area contributed by atoms with Crippen molar-refractivity contribution in [1.82, 2.24) is 0 Å². The van der Waals surface area contributed by atoms with E-state index in [1.807, 2.05) is 0 Å². The van der Waals surface area contributed by atoms with Crippen LogP contribution in [0.3, 0.4) is 0 Å². The van der Waals surface area contributed by atoms with Crippen LogP contribution >= 0.6 is 7.92 Å². The normalized spacial score (nSPS) is 21.2. The summed E-state index contributed by atoms with van der Waals surface area (Å²) in [6.07, 6.45) is -28.5. The van der Waals surface area contributed by atoms with Gasteiger partial charge in [0.1, 0.15) is 0 Å². The van der Waals surface area contributed by atoms with E-state index in [1.54, 1.807) is 0 Å². The monoisotopic (exact) mass is 1060 g/mol. The van der Waals surface area contributed by atoms with Crippen LogP contribution in [0.2, 0.25) is 0 Å². The molecule has 1 fully saturated rings. The van der Waals surface area contributed by atoms with Gasteiger partial charge in [0.15, 0.2) is 0 Å². The molecule has 0 nitrogen and oxygen atoms in total. The highest BCUT2D eigenvalue weighted by atomic mass is 31.1. The molecule has 3 atom stereocenters. The minimum Gasteiger partial charge on any atom is -0.200 e. The first-order valence-electron chi connectivity index (χ1n) is 17.1. The van der Waals surface area contributed by atoms with Crippen molar-refractivity contribution in [2.24, 2.45) is 17.8 Å². The van der Waals surface area contributed by atoms with Crippen LogP contribution in [-0.2, 0) is 0 Å². The fourth-order valence-corrected chi connectivity index (χ4v) is 10.0. The van der Waals surface area contributed by atoms with E-state index < -0.39 is 158 Å². The van der Waals surface area contributed by atoms with Gasteiger partial charge in [-0.2, -0.15) is 149 Å². The fourth-order valence-electron chi connectivity index (χ4n) is 6.29. The summed E-state index contributed by atoms with van der Waals surface area (Å²) >= 11 is 0. The minimum absolute atomic E-state index is 0.00600. The van der Waals surface area contributed by atoms with Crippen molar-refractivity contribution in [3.05, 3.63) is 0 Å². The molecule has 1 aliphatic carbocycles. The molecule has 0 saturated heterocycles. The lowest BCUT2D eigenvalue weighted by Crippen LogP contribution is -2.74. The Balaban J connectivity index is 3.88. The highest BCUT2D eigenvalue weighted by molar-refractivity contribution is 7.58. The summed E-state index contributed by atoms with van der Waals surface area (Å²) in [6, 6.07) is 0. The third-order valence-electron chi connectivity index (χ3n) is 10.5. The van der Waals surface area contributed by atoms with Crippen molar-refractivity contribution in [2.75, 3.05) is 12.3 Å². The Hall–Kier alpha value is -1.95. The van der Waals surface area contributed by atoms with E-state index in [2.05, 4.69) is 0 Å². The first-order chi connectivity index (χ1) is 27.9. The molecule has 0 aromatic carbocycles. The van der Waals surface area contributed by atoms with Gasteiger partial charge < -0.3 is 0 Å². The second-order valence-corrected chi connectivity index (χ2v) is 18.0. The van der Waals surface area contributed by atoms with E-state index in [0.717, 1.165) is 13.8 Å². The molecule has 35 heteroatoms. The summed E-state index contributed by atoms with van der Waals surface area (Å²) in [4.78, 5) is 0. The van der Waals surface area contributed by atoms with Crippen molar-refractivity contribution in [2.45, 2.75) is 154 Å². The van der Waals surface area contributed by atoms with Gasteiger partial charge in [0.2, 0.25) is 0 Å². The number of rotatable bonds is 20. The van der Waals surface area contributed by atoms with Crippen LogP contribution in [0.15, 0.2) is 0 Å². The van der Waals surface area contributed by atoms with Gasteiger partial charge in [0.05, 0.1) is 0 Å². The lowest BCUT2D eigenvalue weighted by atomic mass is 9.77. The van der Waals surface area contributed by atoms with Crippen molar-refractivity contribution < 1.29 is 149 Å². The van der Waals surface area contributed by atoms with Gasteiger partial charge in [0.25, 0.3) is 0 Å². The second-order valence-electron chi connectivity index (χ2n) is 15.2. The average molecular weight is 1060 g/mol. The number of alkyl halides is 34. The van der Waals surface area contributed by atoms with E-state index in [-0.39, 0.29) is 12.8 Å². The van der Waals surface area contributed by atoms with Gasteiger partial charge in [-0.1, -0.05) is 27.2 Å². The van der Waals surface area contributed by atoms with Gasteiger partial charge in [-0.25, -0.2) is 0 Å². The lowest BCUT2D eigenvalue weighted by Gasteiger charge is -2.45. The van der Waals surface area contributed by atoms with E-state index in [9.17, 15) is 149 Å². The quantitative estimate of drug-likeness (QED) is 0.0842. The second kappa shape index (κ2) is 17.2. The molecule has 1 aliphatic rings. The summed E-state index contributed by atoms with van der Waals surface area (Å²) in [6.45, 7) is 3.47. The van der Waals surface area contributed by atoms with Gasteiger partial charge in [-0.3, -0.25) is 0 Å². The summed E-state index contributed by atoms with van der Waals surface area (Å²) in [7, 11) is -3.64. The Bertz CT molecular complexity index is 1520. The third-order valence-corrected chi connectivity index (χ3v) is 13.6. The smallest absolute Gasteiger partial charge is 0.200 e. The van der Waals surface area contributed by atoms with Crippen LogP contribution < -0.4 is 0 Å². The van der Waals surface area contributed by atoms with Crippen molar-refractivity contribution in [1.29, 1.82) is 0 Å². The molecule has 0 radical (unpaired) electrons. The van der Waals surface area contributed by atoms with E-state index >= 15 is 0 Å². The summed E-state index contributed by atoms with van der Waals surface area (Å²) in [5.74, 6) is -123. The highest BCUT2D eigenvalue weighted by Crippen LogP contribution is 2.67. The molecule has 1 saturated carbocycles. The van der Waals surface area contributed by atoms with Gasteiger partial charge in [0, 0.05) is 12.8 Å². The van der Waals surface area contributed by atoms with Gasteiger partial charge >= 0.3 is 95.3 Å². The maximum absolute atomic E-state index is 14.9. The first-order valence-corrected chi connectivity index (χ1v) is 18.8. The van der Waals surface area contributed by atoms with Crippen LogP contribution in [0.1, 0.15) is 52.9 Å². The Morgan fingerprint density at radius 1 is 0.354 bits per heavy atom. The Kier molecular flexibility index (Phi) is 16.1. The lowest BCUT2D eigenvalue weighted by molar-refractivity contribution is -0.461. The Morgan fingerprint density at radius 2 is 0.585 bits per heavy atom. The number of halogens is 34. The molecule has 0 N–H and O–H groups in total. The largest absolute Gasteiger partial charge is 0.460 e. The molecular weight excluding hydrogens is 1040 g/mol. The van der Waals surface area contributed by atoms with Crippen molar-refractivity contribution in [3.8, 4) is 0 Å². The highest BCUT2D eigenvalue weighted by Gasteiger charge is 2.97. The van der Waals surface area contributed by atoms with Crippen LogP contribution in [0.5, 0.6) is 0 Å². The van der Waals surface area contributed by atoms with Crippen molar-refractivity contribution >= 4 is 7.92 Å². The Labute approximate surface area is 341 Å². The van der Waals surface area contributed by atoms with Crippen LogP contribution in [0.25, 0.3) is 0 Å². The van der Waals surface area contributed by atoms with Crippen molar-refractivity contribution in [3.63, 3.8) is 0 Å². The zero-order chi connectivity index (χ0) is 52.8. The molecule has 0 aromatic heterocycles. The van der Waals surface area contributed by atoms with E-state index in [0.29, 0.717) is 0 Å². The molecule has 0 bridgehead atoms. The molecule has 65 heavy (non-hydrogen) atoms. The summed E-state index contributed by atoms with van der Waals surface area (Å²) < 4.78 is 469. The molecule has 0 aromatic rings. The van der Waals surface area contributed by atoms with Crippen LogP contribution in [0, 0.1) is 17.8 Å². The molecule has 0 heterocycles. The predicted molar refractivity (Wildman–Crippen MR) is 152 cm³/mol. The van der Waals surface area contributed by atoms with Gasteiger partial charge in [-0.05, 0) is 48.6 Å². The predicted octanol–water partition coefficient (Wildman–Crippen LogP) is 15.7.